The quantitative estimate of drug-likeness (QED) is 0.829. The number of aromatic nitrogens is 2. The highest BCUT2D eigenvalue weighted by molar-refractivity contribution is 7.16. The van der Waals surface area contributed by atoms with Crippen LogP contribution in [0.2, 0.25) is 0 Å². The highest BCUT2D eigenvalue weighted by atomic mass is 32.1. The first-order valence-electron chi connectivity index (χ1n) is 9.22. The lowest BCUT2D eigenvalue weighted by Crippen LogP contribution is -2.49. The fourth-order valence-corrected chi connectivity index (χ4v) is 4.75. The van der Waals surface area contributed by atoms with Crippen molar-refractivity contribution >= 4 is 16.3 Å². The van der Waals surface area contributed by atoms with E-state index < -0.39 is 0 Å². The minimum Gasteiger partial charge on any atom is -0.379 e. The van der Waals surface area contributed by atoms with Crippen molar-refractivity contribution < 1.29 is 4.74 Å². The smallest absolute Gasteiger partial charge is 0.258 e. The molecule has 7 heteroatoms. The molecular weight excluding hydrogens is 336 g/mol. The van der Waals surface area contributed by atoms with Gasteiger partial charge in [-0.05, 0) is 26.3 Å². The maximum absolute atomic E-state index is 12.3. The van der Waals surface area contributed by atoms with Gasteiger partial charge in [0.2, 0.25) is 0 Å². The molecule has 2 aromatic heterocycles. The van der Waals surface area contributed by atoms with Gasteiger partial charge in [-0.15, -0.1) is 11.3 Å². The van der Waals surface area contributed by atoms with Crippen molar-refractivity contribution in [1.29, 1.82) is 0 Å². The Labute approximate surface area is 152 Å². The van der Waals surface area contributed by atoms with Gasteiger partial charge in [0.1, 0.15) is 0 Å². The van der Waals surface area contributed by atoms with Crippen LogP contribution in [-0.4, -0.2) is 64.6 Å². The number of likely N-dealkylation sites (tertiary alicyclic amines) is 1. The molecule has 4 heterocycles. The molecular formula is C18H26N4O2S. The van der Waals surface area contributed by atoms with Crippen LogP contribution in [0.1, 0.15) is 29.8 Å². The van der Waals surface area contributed by atoms with E-state index in [1.165, 1.54) is 19.3 Å². The molecule has 0 bridgehead atoms. The standard InChI is InChI=1S/C18H26N4O2S/c1-14-11-22-17(23)10-15(19-18(22)25-14)12-21-5-3-2-4-16(21)13-20-6-8-24-9-7-20/h10-11,16H,2-9,12-13H2,1H3/t16-/m1/s1. The van der Waals surface area contributed by atoms with E-state index in [-0.39, 0.29) is 5.56 Å². The van der Waals surface area contributed by atoms with Crippen LogP contribution in [0.5, 0.6) is 0 Å². The molecule has 2 aliphatic rings. The Bertz CT molecular complexity index is 781. The van der Waals surface area contributed by atoms with Gasteiger partial charge in [0.05, 0.1) is 18.9 Å². The molecule has 0 saturated carbocycles. The third kappa shape index (κ3) is 3.95. The maximum atomic E-state index is 12.3. The minimum atomic E-state index is 0.0334. The molecule has 6 nitrogen and oxygen atoms in total. The van der Waals surface area contributed by atoms with E-state index in [4.69, 9.17) is 9.72 Å². The van der Waals surface area contributed by atoms with Gasteiger partial charge in [0.25, 0.3) is 5.56 Å². The van der Waals surface area contributed by atoms with Crippen molar-refractivity contribution in [3.8, 4) is 0 Å². The van der Waals surface area contributed by atoms with Gasteiger partial charge in [-0.25, -0.2) is 4.98 Å². The SMILES string of the molecule is Cc1cn2c(=O)cc(CN3CCCC[C@@H]3CN3CCOCC3)nc2s1. The summed E-state index contributed by atoms with van der Waals surface area (Å²) in [7, 11) is 0. The Morgan fingerprint density at radius 3 is 2.96 bits per heavy atom. The van der Waals surface area contributed by atoms with Gasteiger partial charge in [-0.3, -0.25) is 19.0 Å². The minimum absolute atomic E-state index is 0.0334. The number of hydrogen-bond acceptors (Lipinski definition) is 6. The van der Waals surface area contributed by atoms with Crippen LogP contribution >= 0.6 is 11.3 Å². The number of piperidine rings is 1. The average Bonchev–Trinajstić information content (AvgIpc) is 2.99. The monoisotopic (exact) mass is 362 g/mol. The normalized spacial score (nSPS) is 23.3. The summed E-state index contributed by atoms with van der Waals surface area (Å²) in [6.07, 6.45) is 5.64. The van der Waals surface area contributed by atoms with Crippen molar-refractivity contribution in [2.75, 3.05) is 39.4 Å². The Kier molecular flexibility index (Phi) is 5.17. The summed E-state index contributed by atoms with van der Waals surface area (Å²) in [4.78, 5) is 24.0. The largest absolute Gasteiger partial charge is 0.379 e. The number of nitrogens with zero attached hydrogens (tertiary/aromatic N) is 4. The average molecular weight is 362 g/mol. The predicted octanol–water partition coefficient (Wildman–Crippen LogP) is 1.75. The first-order chi connectivity index (χ1) is 12.2. The molecule has 0 amide bonds. The summed E-state index contributed by atoms with van der Waals surface area (Å²) < 4.78 is 7.12. The van der Waals surface area contributed by atoms with Crippen molar-refractivity contribution in [3.05, 3.63) is 33.2 Å². The van der Waals surface area contributed by atoms with Gasteiger partial charge in [-0.2, -0.15) is 0 Å². The van der Waals surface area contributed by atoms with E-state index in [1.807, 2.05) is 13.1 Å². The second kappa shape index (κ2) is 7.53. The molecule has 0 aromatic carbocycles. The van der Waals surface area contributed by atoms with Crippen LogP contribution in [-0.2, 0) is 11.3 Å². The maximum Gasteiger partial charge on any atom is 0.258 e. The zero-order chi connectivity index (χ0) is 17.2. The predicted molar refractivity (Wildman–Crippen MR) is 99.4 cm³/mol. The van der Waals surface area contributed by atoms with E-state index in [1.54, 1.807) is 21.8 Å². The van der Waals surface area contributed by atoms with Crippen molar-refractivity contribution in [3.63, 3.8) is 0 Å². The number of ether oxygens (including phenoxy) is 1. The van der Waals surface area contributed by atoms with Gasteiger partial charge in [0.15, 0.2) is 4.96 Å². The summed E-state index contributed by atoms with van der Waals surface area (Å²) in [5.74, 6) is 0. The van der Waals surface area contributed by atoms with Crippen molar-refractivity contribution in [2.45, 2.75) is 38.8 Å². The second-order valence-electron chi connectivity index (χ2n) is 7.11. The van der Waals surface area contributed by atoms with Crippen molar-refractivity contribution in [1.82, 2.24) is 19.2 Å². The van der Waals surface area contributed by atoms with Gasteiger partial charge >= 0.3 is 0 Å². The lowest BCUT2D eigenvalue weighted by atomic mass is 10.0. The van der Waals surface area contributed by atoms with Crippen LogP contribution in [0.3, 0.4) is 0 Å². The molecule has 0 spiro atoms. The van der Waals surface area contributed by atoms with Gasteiger partial charge in [0, 0.05) is 49.4 Å². The molecule has 2 saturated heterocycles. The molecule has 0 N–H and O–H groups in total. The molecule has 0 aliphatic carbocycles. The zero-order valence-electron chi connectivity index (χ0n) is 14.8. The van der Waals surface area contributed by atoms with Crippen LogP contribution in [0, 0.1) is 6.92 Å². The topological polar surface area (TPSA) is 50.1 Å². The molecule has 1 atom stereocenters. The van der Waals surface area contributed by atoms with Crippen LogP contribution in [0.15, 0.2) is 17.1 Å². The molecule has 25 heavy (non-hydrogen) atoms. The van der Waals surface area contributed by atoms with Crippen molar-refractivity contribution in [2.24, 2.45) is 0 Å². The molecule has 2 aliphatic heterocycles. The van der Waals surface area contributed by atoms with E-state index in [2.05, 4.69) is 9.80 Å². The number of aryl methyl sites for hydroxylation is 1. The van der Waals surface area contributed by atoms with E-state index in [0.717, 1.165) is 61.5 Å². The molecule has 0 radical (unpaired) electrons. The van der Waals surface area contributed by atoms with E-state index in [9.17, 15) is 4.79 Å². The van der Waals surface area contributed by atoms with E-state index in [0.29, 0.717) is 6.04 Å². The number of rotatable bonds is 4. The summed E-state index contributed by atoms with van der Waals surface area (Å²) in [5, 5.41) is 0. The number of hydrogen-bond donors (Lipinski definition) is 0. The Morgan fingerprint density at radius 2 is 2.12 bits per heavy atom. The highest BCUT2D eigenvalue weighted by Crippen LogP contribution is 2.21. The summed E-state index contributed by atoms with van der Waals surface area (Å²) >= 11 is 1.58. The Hall–Kier alpha value is -1.28. The molecule has 2 aromatic rings. The number of thiazole rings is 1. The summed E-state index contributed by atoms with van der Waals surface area (Å²) in [5.41, 5.74) is 0.937. The third-order valence-electron chi connectivity index (χ3n) is 5.22. The first-order valence-corrected chi connectivity index (χ1v) is 10.0. The van der Waals surface area contributed by atoms with Crippen LogP contribution < -0.4 is 5.56 Å². The second-order valence-corrected chi connectivity index (χ2v) is 8.33. The Morgan fingerprint density at radius 1 is 1.28 bits per heavy atom. The highest BCUT2D eigenvalue weighted by Gasteiger charge is 2.26. The summed E-state index contributed by atoms with van der Waals surface area (Å²) in [6.45, 7) is 8.75. The van der Waals surface area contributed by atoms with Gasteiger partial charge in [-0.1, -0.05) is 6.42 Å². The van der Waals surface area contributed by atoms with Crippen LogP contribution in [0.4, 0.5) is 0 Å². The fraction of sp³-hybridized carbons (Fsp3) is 0.667. The molecule has 2 fully saturated rings. The van der Waals surface area contributed by atoms with Gasteiger partial charge < -0.3 is 4.74 Å². The number of fused-ring (bicyclic) bond motifs is 1. The Balaban J connectivity index is 1.50. The fourth-order valence-electron chi connectivity index (χ4n) is 3.90. The first kappa shape index (κ1) is 17.1. The zero-order valence-corrected chi connectivity index (χ0v) is 15.6. The molecule has 4 rings (SSSR count). The lowest BCUT2D eigenvalue weighted by molar-refractivity contribution is 0.0151. The third-order valence-corrected chi connectivity index (χ3v) is 6.12. The summed E-state index contributed by atoms with van der Waals surface area (Å²) in [6, 6.07) is 2.26. The van der Waals surface area contributed by atoms with E-state index >= 15 is 0 Å². The van der Waals surface area contributed by atoms with Crippen LogP contribution in [0.25, 0.3) is 4.96 Å². The molecule has 0 unspecified atom stereocenters. The number of morpholine rings is 1. The lowest BCUT2D eigenvalue weighted by Gasteiger charge is -2.39. The molecule has 136 valence electrons.